The lowest BCUT2D eigenvalue weighted by molar-refractivity contribution is -0.137. The standard InChI is InChI=1S/C31H32F4N6O2/c1-4-15-40(19(3)22-9-6-10-24(32)16-22)30-39-27-25(41(30)17-20-11-13-23(14-12-20)31(33,34)35)26(37-28(38-27)29(42)43)36-18(2)21-7-5-8-21/h4,6,9-14,16,18-19,21H,1,5,7-8,15,17H2,2-3H3,(H,42,43)(H,36,37,38). The van der Waals surface area contributed by atoms with Gasteiger partial charge in [0.25, 0.3) is 0 Å². The van der Waals surface area contributed by atoms with Crippen molar-refractivity contribution in [2.45, 2.75) is 57.9 Å². The summed E-state index contributed by atoms with van der Waals surface area (Å²) in [6.07, 6.45) is 0.345. The molecule has 0 spiro atoms. The van der Waals surface area contributed by atoms with E-state index in [4.69, 9.17) is 4.98 Å². The Morgan fingerprint density at radius 1 is 1.16 bits per heavy atom. The van der Waals surface area contributed by atoms with Gasteiger partial charge in [0.15, 0.2) is 11.5 Å². The van der Waals surface area contributed by atoms with Gasteiger partial charge in [0.1, 0.15) is 11.3 Å². The van der Waals surface area contributed by atoms with Gasteiger partial charge < -0.3 is 19.9 Å². The summed E-state index contributed by atoms with van der Waals surface area (Å²) in [5.41, 5.74) is 0.950. The molecule has 4 aromatic rings. The Hall–Kier alpha value is -4.48. The highest BCUT2D eigenvalue weighted by atomic mass is 19.4. The maximum atomic E-state index is 14.2. The number of alkyl halides is 3. The van der Waals surface area contributed by atoms with Gasteiger partial charge in [-0.2, -0.15) is 18.2 Å². The van der Waals surface area contributed by atoms with Crippen molar-refractivity contribution in [3.8, 4) is 0 Å². The van der Waals surface area contributed by atoms with Crippen LogP contribution >= 0.6 is 0 Å². The van der Waals surface area contributed by atoms with Crippen molar-refractivity contribution in [2.24, 2.45) is 5.92 Å². The van der Waals surface area contributed by atoms with Crippen molar-refractivity contribution in [2.75, 3.05) is 16.8 Å². The Labute approximate surface area is 246 Å². The maximum Gasteiger partial charge on any atom is 0.416 e. The van der Waals surface area contributed by atoms with Gasteiger partial charge in [0.2, 0.25) is 11.8 Å². The summed E-state index contributed by atoms with van der Waals surface area (Å²) in [6, 6.07) is 10.5. The fourth-order valence-corrected chi connectivity index (χ4v) is 5.34. The van der Waals surface area contributed by atoms with Crippen molar-refractivity contribution in [3.63, 3.8) is 0 Å². The molecule has 0 radical (unpaired) electrons. The van der Waals surface area contributed by atoms with E-state index >= 15 is 0 Å². The number of benzene rings is 2. The van der Waals surface area contributed by atoms with E-state index in [2.05, 4.69) is 21.9 Å². The minimum atomic E-state index is -4.48. The highest BCUT2D eigenvalue weighted by Crippen LogP contribution is 2.36. The molecule has 1 aliphatic carbocycles. The van der Waals surface area contributed by atoms with Gasteiger partial charge in [-0.3, -0.25) is 0 Å². The fourth-order valence-electron chi connectivity index (χ4n) is 5.34. The summed E-state index contributed by atoms with van der Waals surface area (Å²) < 4.78 is 55.8. The summed E-state index contributed by atoms with van der Waals surface area (Å²) in [4.78, 5) is 27.2. The molecule has 0 saturated heterocycles. The van der Waals surface area contributed by atoms with Crippen molar-refractivity contribution in [1.29, 1.82) is 0 Å². The second kappa shape index (κ2) is 12.0. The molecule has 1 fully saturated rings. The molecule has 12 heteroatoms. The first kappa shape index (κ1) is 30.0. The Bertz CT molecular complexity index is 1630. The third kappa shape index (κ3) is 6.32. The number of carboxylic acids is 1. The van der Waals surface area contributed by atoms with Crippen LogP contribution in [-0.4, -0.2) is 43.2 Å². The van der Waals surface area contributed by atoms with Crippen LogP contribution < -0.4 is 10.2 Å². The lowest BCUT2D eigenvalue weighted by atomic mass is 9.80. The van der Waals surface area contributed by atoms with E-state index in [1.165, 1.54) is 24.3 Å². The molecule has 2 unspecified atom stereocenters. The second-order valence-corrected chi connectivity index (χ2v) is 10.9. The number of rotatable bonds is 11. The molecular weight excluding hydrogens is 564 g/mol. The zero-order chi connectivity index (χ0) is 30.9. The first-order valence-corrected chi connectivity index (χ1v) is 14.0. The van der Waals surface area contributed by atoms with Crippen LogP contribution in [-0.2, 0) is 12.7 Å². The van der Waals surface area contributed by atoms with Gasteiger partial charge >= 0.3 is 12.1 Å². The Balaban J connectivity index is 1.70. The first-order valence-electron chi connectivity index (χ1n) is 14.0. The molecule has 0 aliphatic heterocycles. The van der Waals surface area contributed by atoms with E-state index in [1.54, 1.807) is 22.8 Å². The van der Waals surface area contributed by atoms with E-state index in [1.807, 2.05) is 18.7 Å². The van der Waals surface area contributed by atoms with Crippen molar-refractivity contribution in [1.82, 2.24) is 19.5 Å². The molecule has 8 nitrogen and oxygen atoms in total. The van der Waals surface area contributed by atoms with Crippen LogP contribution in [0.3, 0.4) is 0 Å². The minimum Gasteiger partial charge on any atom is -0.475 e. The molecule has 2 heterocycles. The quantitative estimate of drug-likeness (QED) is 0.141. The minimum absolute atomic E-state index is 0.0261. The predicted molar refractivity (Wildman–Crippen MR) is 156 cm³/mol. The number of hydrogen-bond acceptors (Lipinski definition) is 6. The van der Waals surface area contributed by atoms with E-state index in [9.17, 15) is 27.5 Å². The average molecular weight is 597 g/mol. The van der Waals surface area contributed by atoms with Crippen LogP contribution in [0.5, 0.6) is 0 Å². The van der Waals surface area contributed by atoms with Crippen LogP contribution in [0.25, 0.3) is 11.2 Å². The van der Waals surface area contributed by atoms with E-state index in [0.717, 1.165) is 31.4 Å². The number of carboxylic acid groups (broad SMARTS) is 1. The van der Waals surface area contributed by atoms with Crippen LogP contribution in [0.15, 0.2) is 61.2 Å². The van der Waals surface area contributed by atoms with Crippen LogP contribution in [0.1, 0.15) is 66.5 Å². The van der Waals surface area contributed by atoms with Gasteiger partial charge in [0, 0.05) is 12.6 Å². The Morgan fingerprint density at radius 3 is 2.47 bits per heavy atom. The van der Waals surface area contributed by atoms with Crippen molar-refractivity contribution in [3.05, 3.63) is 89.5 Å². The van der Waals surface area contributed by atoms with Gasteiger partial charge in [0.05, 0.1) is 18.2 Å². The van der Waals surface area contributed by atoms with Crippen LogP contribution in [0.4, 0.5) is 29.3 Å². The smallest absolute Gasteiger partial charge is 0.416 e. The van der Waals surface area contributed by atoms with Crippen molar-refractivity contribution >= 4 is 28.9 Å². The summed E-state index contributed by atoms with van der Waals surface area (Å²) in [5.74, 6) is -1.16. The number of carbonyl (C=O) groups is 1. The number of fused-ring (bicyclic) bond motifs is 1. The van der Waals surface area contributed by atoms with Gasteiger partial charge in [-0.25, -0.2) is 19.2 Å². The SMILES string of the molecule is C=CCN(c1nc2nc(C(=O)O)nc(NC(C)C3CCC3)c2n1Cc1ccc(C(F)(F)F)cc1)C(C)c1cccc(F)c1. The number of aromatic carboxylic acids is 1. The Kier molecular flexibility index (Phi) is 8.38. The lowest BCUT2D eigenvalue weighted by Crippen LogP contribution is -2.32. The number of aromatic nitrogens is 4. The van der Waals surface area contributed by atoms with Crippen molar-refractivity contribution < 1.29 is 27.5 Å². The van der Waals surface area contributed by atoms with Gasteiger partial charge in [-0.1, -0.05) is 36.8 Å². The zero-order valence-electron chi connectivity index (χ0n) is 23.8. The monoisotopic (exact) mass is 596 g/mol. The number of nitrogens with one attached hydrogen (secondary N) is 1. The molecule has 2 N–H and O–H groups in total. The highest BCUT2D eigenvalue weighted by Gasteiger charge is 2.31. The second-order valence-electron chi connectivity index (χ2n) is 10.9. The summed E-state index contributed by atoms with van der Waals surface area (Å²) in [5, 5.41) is 13.2. The molecular formula is C31H32F4N6O2. The third-order valence-electron chi connectivity index (χ3n) is 8.00. The molecule has 0 amide bonds. The normalized spacial score (nSPS) is 15.1. The lowest BCUT2D eigenvalue weighted by Gasteiger charge is -2.32. The Morgan fingerprint density at radius 2 is 1.88 bits per heavy atom. The molecule has 5 rings (SSSR count). The van der Waals surface area contributed by atoms with Crippen LogP contribution in [0.2, 0.25) is 0 Å². The van der Waals surface area contributed by atoms with E-state index < -0.39 is 35.4 Å². The molecule has 2 aromatic carbocycles. The number of halogens is 4. The number of anilines is 2. The highest BCUT2D eigenvalue weighted by molar-refractivity contribution is 5.92. The summed E-state index contributed by atoms with van der Waals surface area (Å²) in [7, 11) is 0. The topological polar surface area (TPSA) is 96.2 Å². The number of imidazole rings is 1. The van der Waals surface area contributed by atoms with E-state index in [0.29, 0.717) is 28.5 Å². The molecule has 226 valence electrons. The third-order valence-corrected chi connectivity index (χ3v) is 8.00. The molecule has 1 saturated carbocycles. The number of hydrogen-bond donors (Lipinski definition) is 2. The molecule has 2 aromatic heterocycles. The summed E-state index contributed by atoms with van der Waals surface area (Å²) >= 11 is 0. The summed E-state index contributed by atoms with van der Waals surface area (Å²) in [6.45, 7) is 8.10. The maximum absolute atomic E-state index is 14.2. The number of nitrogens with zero attached hydrogens (tertiary/aromatic N) is 5. The average Bonchev–Trinajstić information content (AvgIpc) is 3.28. The largest absolute Gasteiger partial charge is 0.475 e. The first-order chi connectivity index (χ1) is 20.5. The predicted octanol–water partition coefficient (Wildman–Crippen LogP) is 7.08. The van der Waals surface area contributed by atoms with E-state index in [-0.39, 0.29) is 30.6 Å². The van der Waals surface area contributed by atoms with Crippen LogP contribution in [0, 0.1) is 11.7 Å². The fraction of sp³-hybridized carbons (Fsp3) is 0.355. The molecule has 43 heavy (non-hydrogen) atoms. The molecule has 2 atom stereocenters. The molecule has 1 aliphatic rings. The van der Waals surface area contributed by atoms with Gasteiger partial charge in [-0.05, 0) is 68.0 Å². The molecule has 0 bridgehead atoms. The van der Waals surface area contributed by atoms with Gasteiger partial charge in [-0.15, -0.1) is 6.58 Å². The zero-order valence-corrected chi connectivity index (χ0v) is 23.8.